The molecule has 0 bridgehead atoms. The molecule has 8 heteroatoms. The van der Waals surface area contributed by atoms with Crippen LogP contribution >= 0.6 is 11.3 Å². The van der Waals surface area contributed by atoms with Crippen molar-refractivity contribution >= 4 is 28.0 Å². The minimum absolute atomic E-state index is 0.108. The third kappa shape index (κ3) is 2.96. The molecule has 2 aromatic heterocycles. The zero-order valence-electron chi connectivity index (χ0n) is 14.5. The number of nitrogens with two attached hydrogens (primary N) is 1. The van der Waals surface area contributed by atoms with Crippen LogP contribution in [-0.2, 0) is 14.1 Å². The molecule has 0 spiro atoms. The molecule has 0 aliphatic rings. The molecule has 0 saturated heterocycles. The predicted octanol–water partition coefficient (Wildman–Crippen LogP) is 2.15. The molecule has 7 nitrogen and oxygen atoms in total. The second kappa shape index (κ2) is 6.21. The largest absolute Gasteiger partial charge is 0.384 e. The first kappa shape index (κ1) is 17.0. The first-order chi connectivity index (χ1) is 11.8. The minimum Gasteiger partial charge on any atom is -0.384 e. The number of aryl methyl sites for hydroxylation is 2. The highest BCUT2D eigenvalue weighted by Gasteiger charge is 2.18. The lowest BCUT2D eigenvalue weighted by Crippen LogP contribution is -2.39. The van der Waals surface area contributed by atoms with Gasteiger partial charge in [-0.1, -0.05) is 12.1 Å². The average Bonchev–Trinajstić information content (AvgIpc) is 3.03. The fourth-order valence-electron chi connectivity index (χ4n) is 2.53. The molecular formula is C17H19N5O2S. The van der Waals surface area contributed by atoms with Gasteiger partial charge >= 0.3 is 5.69 Å². The lowest BCUT2D eigenvalue weighted by atomic mass is 10.1. The van der Waals surface area contributed by atoms with Crippen LogP contribution in [0.4, 0.5) is 16.6 Å². The quantitative estimate of drug-likeness (QED) is 0.749. The molecule has 0 radical (unpaired) electrons. The van der Waals surface area contributed by atoms with Gasteiger partial charge in [-0.3, -0.25) is 13.9 Å². The summed E-state index contributed by atoms with van der Waals surface area (Å²) in [4.78, 5) is 28.8. The third-order valence-corrected chi connectivity index (χ3v) is 4.86. The van der Waals surface area contributed by atoms with E-state index in [1.807, 2.05) is 32.0 Å². The van der Waals surface area contributed by atoms with Crippen molar-refractivity contribution in [3.63, 3.8) is 0 Å². The zero-order chi connectivity index (χ0) is 18.3. The van der Waals surface area contributed by atoms with Crippen molar-refractivity contribution in [3.05, 3.63) is 55.5 Å². The summed E-state index contributed by atoms with van der Waals surface area (Å²) in [6.07, 6.45) is 0. The number of rotatable bonds is 3. The molecule has 0 amide bonds. The first-order valence-corrected chi connectivity index (χ1v) is 8.53. The van der Waals surface area contributed by atoms with Gasteiger partial charge in [0, 0.05) is 25.2 Å². The molecule has 3 N–H and O–H groups in total. The lowest BCUT2D eigenvalue weighted by molar-refractivity contribution is 0.696. The summed E-state index contributed by atoms with van der Waals surface area (Å²) in [5.74, 6) is 0.108. The highest BCUT2D eigenvalue weighted by atomic mass is 32.1. The van der Waals surface area contributed by atoms with Crippen molar-refractivity contribution in [2.75, 3.05) is 11.1 Å². The number of nitrogen functional groups attached to an aromatic ring is 1. The van der Waals surface area contributed by atoms with Gasteiger partial charge in [0.1, 0.15) is 11.4 Å². The van der Waals surface area contributed by atoms with Crippen LogP contribution < -0.4 is 22.3 Å². The van der Waals surface area contributed by atoms with Crippen molar-refractivity contribution in [2.45, 2.75) is 13.8 Å². The lowest BCUT2D eigenvalue weighted by Gasteiger charge is -2.10. The topological polar surface area (TPSA) is 94.9 Å². The van der Waals surface area contributed by atoms with Crippen LogP contribution in [0.15, 0.2) is 33.2 Å². The smallest absolute Gasteiger partial charge is 0.332 e. The number of benzene rings is 1. The number of thiazole rings is 1. The van der Waals surface area contributed by atoms with E-state index in [9.17, 15) is 9.59 Å². The molecule has 0 fully saturated rings. The molecular weight excluding hydrogens is 338 g/mol. The Hall–Kier alpha value is -2.87. The summed E-state index contributed by atoms with van der Waals surface area (Å²) >= 11 is 1.37. The van der Waals surface area contributed by atoms with Crippen LogP contribution in [0.3, 0.4) is 0 Å². The first-order valence-electron chi connectivity index (χ1n) is 7.65. The fraction of sp³-hybridized carbons (Fsp3) is 0.235. The Kier molecular flexibility index (Phi) is 4.22. The van der Waals surface area contributed by atoms with E-state index in [4.69, 9.17) is 5.73 Å². The Morgan fingerprint density at radius 2 is 1.88 bits per heavy atom. The number of aromatic nitrogens is 3. The summed E-state index contributed by atoms with van der Waals surface area (Å²) in [6.45, 7) is 4.03. The molecule has 0 aliphatic heterocycles. The molecule has 0 atom stereocenters. The molecule has 0 aliphatic carbocycles. The third-order valence-electron chi connectivity index (χ3n) is 4.10. The van der Waals surface area contributed by atoms with Gasteiger partial charge in [-0.05, 0) is 31.0 Å². The minimum atomic E-state index is -0.463. The monoisotopic (exact) mass is 357 g/mol. The van der Waals surface area contributed by atoms with Gasteiger partial charge in [0.15, 0.2) is 5.13 Å². The Labute approximate surface area is 148 Å². The summed E-state index contributed by atoms with van der Waals surface area (Å²) in [7, 11) is 2.96. The molecule has 3 aromatic rings. The van der Waals surface area contributed by atoms with Crippen molar-refractivity contribution in [1.29, 1.82) is 0 Å². The van der Waals surface area contributed by atoms with E-state index < -0.39 is 11.2 Å². The Bertz CT molecular complexity index is 1080. The van der Waals surface area contributed by atoms with E-state index in [1.54, 1.807) is 5.38 Å². The van der Waals surface area contributed by atoms with E-state index in [0.717, 1.165) is 21.4 Å². The Balaban J connectivity index is 2.05. The summed E-state index contributed by atoms with van der Waals surface area (Å²) in [5.41, 5.74) is 8.95. The van der Waals surface area contributed by atoms with Crippen molar-refractivity contribution in [2.24, 2.45) is 14.1 Å². The second-order valence-electron chi connectivity index (χ2n) is 5.95. The number of anilines is 3. The maximum absolute atomic E-state index is 12.4. The van der Waals surface area contributed by atoms with Crippen LogP contribution in [0.2, 0.25) is 0 Å². The molecule has 0 unspecified atom stereocenters. The highest BCUT2D eigenvalue weighted by Crippen LogP contribution is 2.29. The van der Waals surface area contributed by atoms with E-state index in [1.165, 1.54) is 30.0 Å². The van der Waals surface area contributed by atoms with Gasteiger partial charge in [0.05, 0.1) is 5.69 Å². The van der Waals surface area contributed by atoms with E-state index in [0.29, 0.717) is 10.8 Å². The number of hydrogen-bond acceptors (Lipinski definition) is 6. The summed E-state index contributed by atoms with van der Waals surface area (Å²) < 4.78 is 2.27. The van der Waals surface area contributed by atoms with E-state index in [2.05, 4.69) is 10.3 Å². The van der Waals surface area contributed by atoms with Gasteiger partial charge in [0.25, 0.3) is 5.56 Å². The number of hydrogen-bond donors (Lipinski definition) is 2. The summed E-state index contributed by atoms with van der Waals surface area (Å²) in [6, 6.07) is 6.12. The van der Waals surface area contributed by atoms with Crippen LogP contribution in [-0.4, -0.2) is 14.1 Å². The van der Waals surface area contributed by atoms with Crippen molar-refractivity contribution in [3.8, 4) is 11.3 Å². The van der Waals surface area contributed by atoms with Gasteiger partial charge < -0.3 is 11.1 Å². The molecule has 2 heterocycles. The molecule has 130 valence electrons. The second-order valence-corrected chi connectivity index (χ2v) is 6.81. The van der Waals surface area contributed by atoms with E-state index in [-0.39, 0.29) is 11.4 Å². The maximum atomic E-state index is 12.4. The van der Waals surface area contributed by atoms with Crippen LogP contribution in [0.1, 0.15) is 11.1 Å². The van der Waals surface area contributed by atoms with Gasteiger partial charge in [-0.2, -0.15) is 0 Å². The fourth-order valence-corrected chi connectivity index (χ4v) is 3.25. The normalized spacial score (nSPS) is 10.9. The average molecular weight is 357 g/mol. The molecule has 25 heavy (non-hydrogen) atoms. The predicted molar refractivity (Wildman–Crippen MR) is 102 cm³/mol. The Morgan fingerprint density at radius 3 is 2.60 bits per heavy atom. The molecule has 1 aromatic carbocycles. The van der Waals surface area contributed by atoms with E-state index >= 15 is 0 Å². The SMILES string of the molecule is Cc1ccc(C)c(Nc2nc(-c3c(N)n(C)c(=O)n(C)c3=O)cs2)c1. The number of nitrogens with zero attached hydrogens (tertiary/aromatic N) is 3. The summed E-state index contributed by atoms with van der Waals surface area (Å²) in [5, 5.41) is 5.68. The zero-order valence-corrected chi connectivity index (χ0v) is 15.3. The standard InChI is InChI=1S/C17H19N5O2S/c1-9-5-6-10(2)11(7-9)19-16-20-12(8-25-16)13-14(18)21(3)17(24)22(4)15(13)23/h5-8H,18H2,1-4H3,(H,19,20). The van der Waals surface area contributed by atoms with Crippen molar-refractivity contribution in [1.82, 2.24) is 14.1 Å². The van der Waals surface area contributed by atoms with Gasteiger partial charge in [0.2, 0.25) is 0 Å². The van der Waals surface area contributed by atoms with Crippen LogP contribution in [0.25, 0.3) is 11.3 Å². The van der Waals surface area contributed by atoms with Crippen LogP contribution in [0.5, 0.6) is 0 Å². The highest BCUT2D eigenvalue weighted by molar-refractivity contribution is 7.14. The Morgan fingerprint density at radius 1 is 1.16 bits per heavy atom. The van der Waals surface area contributed by atoms with Crippen molar-refractivity contribution < 1.29 is 0 Å². The molecule has 3 rings (SSSR count). The van der Waals surface area contributed by atoms with Gasteiger partial charge in [-0.15, -0.1) is 11.3 Å². The molecule has 0 saturated carbocycles. The van der Waals surface area contributed by atoms with Crippen LogP contribution in [0, 0.1) is 13.8 Å². The van der Waals surface area contributed by atoms with Gasteiger partial charge in [-0.25, -0.2) is 9.78 Å². The maximum Gasteiger partial charge on any atom is 0.332 e. The number of nitrogens with one attached hydrogen (secondary N) is 1.